The lowest BCUT2D eigenvalue weighted by molar-refractivity contribution is 0.196. The van der Waals surface area contributed by atoms with Gasteiger partial charge < -0.3 is 20.4 Å². The summed E-state index contributed by atoms with van der Waals surface area (Å²) in [5.74, 6) is 0. The lowest BCUT2D eigenvalue weighted by Crippen LogP contribution is -2.39. The standard InChI is InChI=1S/C13H18N4O3/c1-20-9-7-15-12(18)14-6-8-17-11-5-3-2-4-10(11)16-13(17)19/h2-5H,6-9H2,1H3,(H,16,19)(H2,14,15,18). The number of rotatable bonds is 6. The third-order valence-corrected chi connectivity index (χ3v) is 2.89. The fraction of sp³-hybridized carbons (Fsp3) is 0.385. The fourth-order valence-corrected chi connectivity index (χ4v) is 1.94. The first kappa shape index (κ1) is 14.1. The van der Waals surface area contributed by atoms with E-state index in [-0.39, 0.29) is 11.7 Å². The largest absolute Gasteiger partial charge is 0.383 e. The van der Waals surface area contributed by atoms with Crippen LogP contribution in [0.15, 0.2) is 29.1 Å². The van der Waals surface area contributed by atoms with Crippen LogP contribution in [0.4, 0.5) is 4.79 Å². The molecule has 0 aliphatic carbocycles. The number of methoxy groups -OCH3 is 1. The lowest BCUT2D eigenvalue weighted by atomic mass is 10.3. The molecule has 0 saturated carbocycles. The Morgan fingerprint density at radius 2 is 2.05 bits per heavy atom. The van der Waals surface area contributed by atoms with E-state index in [0.29, 0.717) is 26.2 Å². The number of urea groups is 1. The minimum absolute atomic E-state index is 0.173. The Hall–Kier alpha value is -2.28. The van der Waals surface area contributed by atoms with Crippen molar-refractivity contribution in [2.75, 3.05) is 26.8 Å². The zero-order valence-electron chi connectivity index (χ0n) is 11.3. The molecule has 0 radical (unpaired) electrons. The topological polar surface area (TPSA) is 88.2 Å². The highest BCUT2D eigenvalue weighted by Crippen LogP contribution is 2.08. The van der Waals surface area contributed by atoms with Crippen molar-refractivity contribution < 1.29 is 9.53 Å². The number of carbonyl (C=O) groups is 1. The van der Waals surface area contributed by atoms with Crippen molar-refractivity contribution in [3.8, 4) is 0 Å². The van der Waals surface area contributed by atoms with Gasteiger partial charge in [-0.05, 0) is 12.1 Å². The van der Waals surface area contributed by atoms with Gasteiger partial charge in [0.25, 0.3) is 0 Å². The predicted molar refractivity (Wildman–Crippen MR) is 75.8 cm³/mol. The number of H-pyrrole nitrogens is 1. The average Bonchev–Trinajstić information content (AvgIpc) is 2.75. The summed E-state index contributed by atoms with van der Waals surface area (Å²) in [5, 5.41) is 5.34. The number of nitrogens with one attached hydrogen (secondary N) is 3. The van der Waals surface area contributed by atoms with Crippen molar-refractivity contribution >= 4 is 17.1 Å². The summed E-state index contributed by atoms with van der Waals surface area (Å²) in [6.07, 6.45) is 0. The molecule has 1 aromatic heterocycles. The third kappa shape index (κ3) is 3.39. The molecule has 7 heteroatoms. The van der Waals surface area contributed by atoms with Crippen LogP contribution in [-0.2, 0) is 11.3 Å². The zero-order valence-corrected chi connectivity index (χ0v) is 11.3. The van der Waals surface area contributed by atoms with Gasteiger partial charge in [-0.2, -0.15) is 0 Å². The maximum absolute atomic E-state index is 11.8. The van der Waals surface area contributed by atoms with Crippen molar-refractivity contribution in [1.82, 2.24) is 20.2 Å². The average molecular weight is 278 g/mol. The van der Waals surface area contributed by atoms with Crippen LogP contribution >= 0.6 is 0 Å². The van der Waals surface area contributed by atoms with Gasteiger partial charge in [0, 0.05) is 26.7 Å². The number of imidazole rings is 1. The number of hydrogen-bond donors (Lipinski definition) is 3. The number of nitrogens with zero attached hydrogens (tertiary/aromatic N) is 1. The molecule has 0 fully saturated rings. The second kappa shape index (κ2) is 6.76. The lowest BCUT2D eigenvalue weighted by Gasteiger charge is -2.07. The molecule has 1 aromatic carbocycles. The number of amides is 2. The van der Waals surface area contributed by atoms with Gasteiger partial charge in [-0.1, -0.05) is 12.1 Å². The van der Waals surface area contributed by atoms with Gasteiger partial charge in [0.1, 0.15) is 0 Å². The van der Waals surface area contributed by atoms with E-state index < -0.39 is 0 Å². The van der Waals surface area contributed by atoms with E-state index >= 15 is 0 Å². The smallest absolute Gasteiger partial charge is 0.326 e. The number of para-hydroxylation sites is 2. The monoisotopic (exact) mass is 278 g/mol. The summed E-state index contributed by atoms with van der Waals surface area (Å²) in [6.45, 7) is 1.71. The quantitative estimate of drug-likeness (QED) is 0.663. The molecule has 2 rings (SSSR count). The Labute approximate surface area is 115 Å². The van der Waals surface area contributed by atoms with Crippen LogP contribution in [0, 0.1) is 0 Å². The molecule has 0 atom stereocenters. The molecule has 0 unspecified atom stereocenters. The van der Waals surface area contributed by atoms with Crippen LogP contribution in [-0.4, -0.2) is 42.4 Å². The van der Waals surface area contributed by atoms with E-state index in [0.717, 1.165) is 11.0 Å². The predicted octanol–water partition coefficient (Wildman–Crippen LogP) is 0.275. The van der Waals surface area contributed by atoms with E-state index in [1.54, 1.807) is 11.7 Å². The molecule has 2 aromatic rings. The van der Waals surface area contributed by atoms with Crippen LogP contribution in [0.3, 0.4) is 0 Å². The van der Waals surface area contributed by atoms with Gasteiger partial charge in [0.15, 0.2) is 0 Å². The first-order chi connectivity index (χ1) is 9.72. The second-order valence-corrected chi connectivity index (χ2v) is 4.27. The summed E-state index contributed by atoms with van der Waals surface area (Å²) in [6, 6.07) is 7.18. The summed E-state index contributed by atoms with van der Waals surface area (Å²) >= 11 is 0. The Balaban J connectivity index is 1.88. The number of benzene rings is 1. The second-order valence-electron chi connectivity index (χ2n) is 4.27. The molecule has 0 aliphatic rings. The molecule has 0 bridgehead atoms. The highest BCUT2D eigenvalue weighted by atomic mass is 16.5. The van der Waals surface area contributed by atoms with Crippen molar-refractivity contribution in [3.05, 3.63) is 34.7 Å². The van der Waals surface area contributed by atoms with Gasteiger partial charge in [0.05, 0.1) is 17.6 Å². The van der Waals surface area contributed by atoms with E-state index in [9.17, 15) is 9.59 Å². The normalized spacial score (nSPS) is 10.7. The molecule has 108 valence electrons. The highest BCUT2D eigenvalue weighted by molar-refractivity contribution is 5.75. The molecule has 1 heterocycles. The third-order valence-electron chi connectivity index (χ3n) is 2.89. The molecule has 3 N–H and O–H groups in total. The van der Waals surface area contributed by atoms with Crippen LogP contribution in [0.1, 0.15) is 0 Å². The maximum Gasteiger partial charge on any atom is 0.326 e. The molecule has 0 saturated heterocycles. The molecule has 7 nitrogen and oxygen atoms in total. The van der Waals surface area contributed by atoms with Gasteiger partial charge in [0.2, 0.25) is 0 Å². The first-order valence-corrected chi connectivity index (χ1v) is 6.40. The molecule has 20 heavy (non-hydrogen) atoms. The Bertz CT molecular complexity index is 632. The molecular weight excluding hydrogens is 260 g/mol. The fourth-order valence-electron chi connectivity index (χ4n) is 1.94. The minimum Gasteiger partial charge on any atom is -0.383 e. The Morgan fingerprint density at radius 3 is 2.85 bits per heavy atom. The van der Waals surface area contributed by atoms with Gasteiger partial charge in [-0.3, -0.25) is 4.57 Å². The summed E-state index contributed by atoms with van der Waals surface area (Å²) in [7, 11) is 1.57. The van der Waals surface area contributed by atoms with Crippen LogP contribution < -0.4 is 16.3 Å². The number of hydrogen-bond acceptors (Lipinski definition) is 3. The van der Waals surface area contributed by atoms with Gasteiger partial charge in [-0.15, -0.1) is 0 Å². The number of carbonyl (C=O) groups excluding carboxylic acids is 1. The van der Waals surface area contributed by atoms with Gasteiger partial charge >= 0.3 is 11.7 Å². The summed E-state index contributed by atoms with van der Waals surface area (Å²) in [4.78, 5) is 26.0. The van der Waals surface area contributed by atoms with E-state index in [1.165, 1.54) is 0 Å². The molecular formula is C13H18N4O3. The highest BCUT2D eigenvalue weighted by Gasteiger charge is 2.06. The van der Waals surface area contributed by atoms with Crippen molar-refractivity contribution in [2.45, 2.75) is 6.54 Å². The van der Waals surface area contributed by atoms with Gasteiger partial charge in [-0.25, -0.2) is 9.59 Å². The summed E-state index contributed by atoms with van der Waals surface area (Å²) < 4.78 is 6.43. The van der Waals surface area contributed by atoms with Crippen molar-refractivity contribution in [2.24, 2.45) is 0 Å². The van der Waals surface area contributed by atoms with Crippen molar-refractivity contribution in [1.29, 1.82) is 0 Å². The molecule has 2 amide bonds. The summed E-state index contributed by atoms with van der Waals surface area (Å²) in [5.41, 5.74) is 1.45. The number of aromatic amines is 1. The van der Waals surface area contributed by atoms with E-state index in [1.807, 2.05) is 24.3 Å². The number of fused-ring (bicyclic) bond motifs is 1. The van der Waals surface area contributed by atoms with E-state index in [2.05, 4.69) is 15.6 Å². The number of aromatic nitrogens is 2. The van der Waals surface area contributed by atoms with Crippen molar-refractivity contribution in [3.63, 3.8) is 0 Å². The first-order valence-electron chi connectivity index (χ1n) is 6.40. The minimum atomic E-state index is -0.269. The SMILES string of the molecule is COCCNC(=O)NCCn1c(=O)[nH]c2ccccc21. The van der Waals surface area contributed by atoms with Crippen LogP contribution in [0.25, 0.3) is 11.0 Å². The maximum atomic E-state index is 11.8. The van der Waals surface area contributed by atoms with Crippen LogP contribution in [0.2, 0.25) is 0 Å². The van der Waals surface area contributed by atoms with E-state index in [4.69, 9.17) is 4.74 Å². The Morgan fingerprint density at radius 1 is 1.30 bits per heavy atom. The zero-order chi connectivity index (χ0) is 14.4. The molecule has 0 aliphatic heterocycles. The molecule has 0 spiro atoms. The Kier molecular flexibility index (Phi) is 4.78. The van der Waals surface area contributed by atoms with Crippen LogP contribution in [0.5, 0.6) is 0 Å². The number of ether oxygens (including phenoxy) is 1.